The first-order chi connectivity index (χ1) is 5.29. The van der Waals surface area contributed by atoms with Crippen molar-refractivity contribution in [2.24, 2.45) is 9.98 Å². The van der Waals surface area contributed by atoms with Gasteiger partial charge in [0, 0.05) is 15.9 Å². The molecule has 1 unspecified atom stereocenters. The fourth-order valence-electron chi connectivity index (χ4n) is 0.945. The molecule has 3 nitrogen and oxygen atoms in total. The van der Waals surface area contributed by atoms with E-state index in [1.807, 2.05) is 6.20 Å². The molecule has 0 aromatic heterocycles. The van der Waals surface area contributed by atoms with Crippen LogP contribution >= 0.6 is 31.9 Å². The molecule has 0 aromatic carbocycles. The smallest absolute Gasteiger partial charge is 0.280 e. The average Bonchev–Trinajstić information content (AvgIpc) is 2.30. The number of allylic oxidation sites excluding steroid dienone is 1. The van der Waals surface area contributed by atoms with E-state index in [1.54, 1.807) is 12.4 Å². The number of halogens is 3. The summed E-state index contributed by atoms with van der Waals surface area (Å²) in [5, 5.41) is 0. The van der Waals surface area contributed by atoms with E-state index in [1.165, 1.54) is 0 Å². The van der Waals surface area contributed by atoms with Gasteiger partial charge in [0.15, 0.2) is 10.3 Å². The normalized spacial score (nSPS) is 25.2. The second-order valence-corrected chi connectivity index (χ2v) is 3.62. The van der Waals surface area contributed by atoms with Crippen molar-refractivity contribution in [2.45, 2.75) is 0 Å². The van der Waals surface area contributed by atoms with Crippen molar-refractivity contribution in [3.05, 3.63) is 22.7 Å². The number of nitrogens with one attached hydrogen (secondary N) is 1. The number of fused-ring (bicyclic) bond motifs is 1. The number of aliphatic imine (C=N–C) groups is 2. The molecule has 64 valence electrons. The highest BCUT2D eigenvalue weighted by Crippen LogP contribution is 2.15. The van der Waals surface area contributed by atoms with E-state index in [4.69, 9.17) is 0 Å². The second kappa shape index (κ2) is 3.83. The van der Waals surface area contributed by atoms with E-state index >= 15 is 0 Å². The minimum atomic E-state index is 0. The van der Waals surface area contributed by atoms with Crippen LogP contribution in [0.1, 0.15) is 0 Å². The number of quaternary nitrogens is 1. The first-order valence-corrected chi connectivity index (χ1v) is 4.59. The topological polar surface area (TPSA) is 29.2 Å². The van der Waals surface area contributed by atoms with Crippen molar-refractivity contribution in [3.63, 3.8) is 0 Å². The Kier molecular flexibility index (Phi) is 3.22. The van der Waals surface area contributed by atoms with Crippen LogP contribution in [0.2, 0.25) is 0 Å². The second-order valence-electron chi connectivity index (χ2n) is 2.11. The largest absolute Gasteiger partial charge is 1.00 e. The lowest BCUT2D eigenvalue weighted by Gasteiger charge is -2.07. The van der Waals surface area contributed by atoms with Crippen molar-refractivity contribution in [3.8, 4) is 0 Å². The van der Waals surface area contributed by atoms with E-state index in [9.17, 15) is 0 Å². The van der Waals surface area contributed by atoms with Crippen molar-refractivity contribution in [2.75, 3.05) is 0 Å². The van der Waals surface area contributed by atoms with Gasteiger partial charge in [-0.1, -0.05) is 0 Å². The molecule has 0 radical (unpaired) electrons. The van der Waals surface area contributed by atoms with Gasteiger partial charge in [0.25, 0.3) is 4.74 Å². The molecule has 0 saturated carbocycles. The summed E-state index contributed by atoms with van der Waals surface area (Å²) in [7, 11) is 0. The molecule has 6 heteroatoms. The summed E-state index contributed by atoms with van der Waals surface area (Å²) in [6, 6.07) is 0. The molecule has 1 N–H and O–H groups in total. The molecule has 0 amide bonds. The van der Waals surface area contributed by atoms with Gasteiger partial charge in [0.05, 0.1) is 12.4 Å². The van der Waals surface area contributed by atoms with Crippen LogP contribution in [0, 0.1) is 0 Å². The predicted molar refractivity (Wildman–Crippen MR) is 50.9 cm³/mol. The quantitative estimate of drug-likeness (QED) is 0.490. The Hall–Kier alpha value is 0.0300. The maximum absolute atomic E-state index is 4.18. The van der Waals surface area contributed by atoms with Crippen LogP contribution in [0.15, 0.2) is 32.7 Å². The molecule has 0 spiro atoms. The van der Waals surface area contributed by atoms with Gasteiger partial charge in [-0.25, -0.2) is 4.90 Å². The third-order valence-corrected chi connectivity index (χ3v) is 2.67. The third kappa shape index (κ3) is 1.54. The van der Waals surface area contributed by atoms with Crippen LogP contribution in [0.3, 0.4) is 0 Å². The van der Waals surface area contributed by atoms with E-state index in [2.05, 4.69) is 41.8 Å². The zero-order chi connectivity index (χ0) is 7.84. The molecule has 2 rings (SSSR count). The van der Waals surface area contributed by atoms with Gasteiger partial charge < -0.3 is 12.4 Å². The highest BCUT2D eigenvalue weighted by atomic mass is 79.9. The minimum absolute atomic E-state index is 0. The predicted octanol–water partition coefficient (Wildman–Crippen LogP) is -2.24. The summed E-state index contributed by atoms with van der Waals surface area (Å²) >= 11 is 6.69. The summed E-state index contributed by atoms with van der Waals surface area (Å²) in [5.74, 6) is 0. The Labute approximate surface area is 92.6 Å². The molecule has 2 aliphatic rings. The molecule has 0 aromatic rings. The lowest BCUT2D eigenvalue weighted by molar-refractivity contribution is -0.684. The average molecular weight is 313 g/mol. The zero-order valence-corrected chi connectivity index (χ0v) is 9.69. The summed E-state index contributed by atoms with van der Waals surface area (Å²) in [4.78, 5) is 9.27. The lowest BCUT2D eigenvalue weighted by Crippen LogP contribution is -3.06. The van der Waals surface area contributed by atoms with Crippen LogP contribution < -0.4 is 17.3 Å². The summed E-state index contributed by atoms with van der Waals surface area (Å²) in [6.07, 6.45) is 5.47. The SMILES string of the molecule is BrC1=NC(Br)=C2C=NC=C[NH+]12.[Cl-]. The lowest BCUT2D eigenvalue weighted by atomic mass is 10.4. The van der Waals surface area contributed by atoms with Gasteiger partial charge in [0.1, 0.15) is 6.20 Å². The minimum Gasteiger partial charge on any atom is -1.00 e. The van der Waals surface area contributed by atoms with Crippen LogP contribution in [0.25, 0.3) is 0 Å². The van der Waals surface area contributed by atoms with E-state index in [-0.39, 0.29) is 12.4 Å². The van der Waals surface area contributed by atoms with Crippen LogP contribution in [-0.2, 0) is 0 Å². The van der Waals surface area contributed by atoms with Gasteiger partial charge in [-0.05, 0) is 15.9 Å². The van der Waals surface area contributed by atoms with Gasteiger partial charge in [-0.2, -0.15) is 4.99 Å². The number of hydrogen-bond acceptors (Lipinski definition) is 2. The molecule has 12 heavy (non-hydrogen) atoms. The molecule has 2 aliphatic heterocycles. The number of nitrogens with zero attached hydrogens (tertiary/aromatic N) is 2. The molecule has 2 heterocycles. The highest BCUT2D eigenvalue weighted by Gasteiger charge is 2.28. The van der Waals surface area contributed by atoms with E-state index < -0.39 is 0 Å². The Morgan fingerprint density at radius 2 is 2.08 bits per heavy atom. The van der Waals surface area contributed by atoms with E-state index in [0.29, 0.717) is 0 Å². The van der Waals surface area contributed by atoms with Gasteiger partial charge in [-0.3, -0.25) is 4.99 Å². The highest BCUT2D eigenvalue weighted by molar-refractivity contribution is 9.18. The van der Waals surface area contributed by atoms with Gasteiger partial charge in [-0.15, -0.1) is 0 Å². The van der Waals surface area contributed by atoms with Gasteiger partial charge in [0.2, 0.25) is 0 Å². The molecule has 0 fully saturated rings. The molecule has 0 aliphatic carbocycles. The Bertz CT molecular complexity index is 319. The van der Waals surface area contributed by atoms with Crippen LogP contribution in [-0.4, -0.2) is 11.0 Å². The molecule has 0 bridgehead atoms. The monoisotopic (exact) mass is 311 g/mol. The summed E-state index contributed by atoms with van der Waals surface area (Å²) in [5.41, 5.74) is 1.04. The van der Waals surface area contributed by atoms with Crippen LogP contribution in [0.4, 0.5) is 0 Å². The zero-order valence-electron chi connectivity index (χ0n) is 5.76. The fraction of sp³-hybridized carbons (Fsp3) is 0. The van der Waals surface area contributed by atoms with Crippen molar-refractivity contribution in [1.29, 1.82) is 0 Å². The van der Waals surface area contributed by atoms with E-state index in [0.717, 1.165) is 19.9 Å². The first-order valence-electron chi connectivity index (χ1n) is 3.00. The van der Waals surface area contributed by atoms with Crippen molar-refractivity contribution in [1.82, 2.24) is 0 Å². The summed E-state index contributed by atoms with van der Waals surface area (Å²) < 4.78 is 1.70. The maximum atomic E-state index is 4.18. The first kappa shape index (κ1) is 10.1. The Balaban J connectivity index is 0.000000720. The fourth-order valence-corrected chi connectivity index (χ4v) is 2.20. The number of hydrogen-bond donors (Lipinski definition) is 1. The molecular weight excluding hydrogens is 309 g/mol. The molecule has 1 atom stereocenters. The Morgan fingerprint density at radius 1 is 1.33 bits per heavy atom. The van der Waals surface area contributed by atoms with Gasteiger partial charge >= 0.3 is 0 Å². The maximum Gasteiger partial charge on any atom is 0.280 e. The molecular formula is C6H4Br2ClN3. The molecule has 0 saturated heterocycles. The van der Waals surface area contributed by atoms with Crippen molar-refractivity contribution < 1.29 is 17.3 Å². The van der Waals surface area contributed by atoms with Crippen molar-refractivity contribution >= 4 is 42.8 Å². The standard InChI is InChI=1S/C6H3Br2N3.ClH/c7-5-4-3-9-1-2-11(4)6(8)10-5;/h1-3H;1H. The summed E-state index contributed by atoms with van der Waals surface area (Å²) in [6.45, 7) is 0. The number of rotatable bonds is 0. The Morgan fingerprint density at radius 3 is 2.75 bits per heavy atom. The number of amidine groups is 1. The third-order valence-electron chi connectivity index (χ3n) is 1.46. The van der Waals surface area contributed by atoms with Crippen LogP contribution in [0.5, 0.6) is 0 Å².